The van der Waals surface area contributed by atoms with Gasteiger partial charge in [0.1, 0.15) is 0 Å². The van der Waals surface area contributed by atoms with Gasteiger partial charge in [0.05, 0.1) is 33.1 Å². The van der Waals surface area contributed by atoms with Gasteiger partial charge in [0, 0.05) is 38.0 Å². The largest absolute Gasteiger partial charge is 0.309 e. The molecule has 0 amide bonds. The summed E-state index contributed by atoms with van der Waals surface area (Å²) in [5.41, 5.74) is 7.43. The molecular formula is C39H23ClN6. The van der Waals surface area contributed by atoms with Crippen molar-refractivity contribution in [3.63, 3.8) is 0 Å². The van der Waals surface area contributed by atoms with Crippen molar-refractivity contribution in [2.24, 2.45) is 0 Å². The summed E-state index contributed by atoms with van der Waals surface area (Å²) in [4.78, 5) is 14.4. The summed E-state index contributed by atoms with van der Waals surface area (Å²) in [5.74, 6) is 0.938. The van der Waals surface area contributed by atoms with E-state index in [2.05, 4.69) is 145 Å². The van der Waals surface area contributed by atoms with E-state index in [1.54, 1.807) is 0 Å². The molecule has 0 radical (unpaired) electrons. The van der Waals surface area contributed by atoms with Crippen LogP contribution in [0, 0.1) is 0 Å². The maximum atomic E-state index is 6.70. The van der Waals surface area contributed by atoms with Gasteiger partial charge in [0.25, 0.3) is 0 Å². The first kappa shape index (κ1) is 25.4. The number of hydrogen-bond acceptors (Lipinski definition) is 3. The first-order chi connectivity index (χ1) is 22.7. The summed E-state index contributed by atoms with van der Waals surface area (Å²) >= 11 is 6.70. The third-order valence-corrected chi connectivity index (χ3v) is 9.23. The van der Waals surface area contributed by atoms with Crippen LogP contribution >= 0.6 is 11.6 Å². The third-order valence-electron chi connectivity index (χ3n) is 9.06. The second-order valence-corrected chi connectivity index (χ2v) is 11.8. The monoisotopic (exact) mass is 610 g/mol. The molecule has 46 heavy (non-hydrogen) atoms. The maximum Gasteiger partial charge on any atom is 0.240 e. The molecule has 6 nitrogen and oxygen atoms in total. The van der Waals surface area contributed by atoms with Gasteiger partial charge in [-0.25, -0.2) is 0 Å². The Labute approximate surface area is 267 Å². The van der Waals surface area contributed by atoms with Crippen molar-refractivity contribution < 1.29 is 0 Å². The fraction of sp³-hybridized carbons (Fsp3) is 0. The van der Waals surface area contributed by atoms with Crippen LogP contribution < -0.4 is 0 Å². The molecule has 7 heteroatoms. The van der Waals surface area contributed by atoms with E-state index < -0.39 is 0 Å². The highest BCUT2D eigenvalue weighted by Gasteiger charge is 2.20. The number of halogens is 1. The maximum absolute atomic E-state index is 6.70. The van der Waals surface area contributed by atoms with Crippen LogP contribution in [-0.4, -0.2) is 28.7 Å². The van der Waals surface area contributed by atoms with E-state index in [0.29, 0.717) is 11.9 Å². The molecule has 4 heterocycles. The van der Waals surface area contributed by atoms with E-state index in [4.69, 9.17) is 16.6 Å². The Morgan fingerprint density at radius 3 is 1.13 bits per heavy atom. The highest BCUT2D eigenvalue weighted by atomic mass is 35.5. The van der Waals surface area contributed by atoms with E-state index in [0.717, 1.165) is 49.3 Å². The molecule has 4 aromatic heterocycles. The Morgan fingerprint density at radius 1 is 0.348 bits per heavy atom. The zero-order valence-electron chi connectivity index (χ0n) is 24.3. The SMILES string of the molecule is Clc1nc(-n2c3ccccc3c3ccccc32)nc(-n2c3ccccc3c3cc(-n4c5ccccc5c5ccccc54)ccc32)n1. The molecule has 0 aliphatic heterocycles. The molecule has 216 valence electrons. The Kier molecular flexibility index (Phi) is 5.24. The lowest BCUT2D eigenvalue weighted by molar-refractivity contribution is 0.887. The zero-order chi connectivity index (χ0) is 30.4. The number of nitrogens with zero attached hydrogens (tertiary/aromatic N) is 6. The van der Waals surface area contributed by atoms with Gasteiger partial charge in [0.2, 0.25) is 17.2 Å². The summed E-state index contributed by atoms with van der Waals surface area (Å²) in [6.07, 6.45) is 0. The average Bonchev–Trinajstić information content (AvgIpc) is 3.74. The normalized spacial score (nSPS) is 12.0. The second-order valence-electron chi connectivity index (χ2n) is 11.5. The van der Waals surface area contributed by atoms with Gasteiger partial charge in [-0.05, 0) is 60.1 Å². The van der Waals surface area contributed by atoms with E-state index in [9.17, 15) is 0 Å². The summed E-state index contributed by atoms with van der Waals surface area (Å²) in [7, 11) is 0. The third kappa shape index (κ3) is 3.50. The van der Waals surface area contributed by atoms with Crippen LogP contribution in [0.3, 0.4) is 0 Å². The Morgan fingerprint density at radius 2 is 0.696 bits per heavy atom. The van der Waals surface area contributed by atoms with Crippen LogP contribution in [-0.2, 0) is 0 Å². The zero-order valence-corrected chi connectivity index (χ0v) is 25.1. The molecule has 0 atom stereocenters. The Hall–Kier alpha value is -5.98. The molecule has 0 aliphatic rings. The first-order valence-electron chi connectivity index (χ1n) is 15.2. The summed E-state index contributed by atoms with van der Waals surface area (Å²) in [5, 5.41) is 7.07. The van der Waals surface area contributed by atoms with Crippen LogP contribution in [0.2, 0.25) is 5.28 Å². The molecule has 6 aromatic carbocycles. The number of rotatable bonds is 3. The highest BCUT2D eigenvalue weighted by molar-refractivity contribution is 6.28. The molecule has 0 unspecified atom stereocenters. The predicted octanol–water partition coefficient (Wildman–Crippen LogP) is 9.82. The Balaban J connectivity index is 1.24. The van der Waals surface area contributed by atoms with Gasteiger partial charge in [-0.15, -0.1) is 0 Å². The lowest BCUT2D eigenvalue weighted by Gasteiger charge is -2.11. The van der Waals surface area contributed by atoms with Crippen molar-refractivity contribution in [1.82, 2.24) is 28.7 Å². The number of aromatic nitrogens is 6. The molecule has 0 N–H and O–H groups in total. The van der Waals surface area contributed by atoms with Gasteiger partial charge in [-0.2, -0.15) is 15.0 Å². The fourth-order valence-corrected chi connectivity index (χ4v) is 7.33. The standard InChI is InChI=1S/C39H23ClN6/c40-37-41-38(45-33-18-8-3-13-27(33)28-14-4-9-19-34(28)45)43-39(42-37)46-35-20-10-5-15-29(35)30-23-24(21-22-36(30)46)44-31-16-6-1-11-25(31)26-12-2-7-17-32(26)44/h1-23H. The van der Waals surface area contributed by atoms with E-state index >= 15 is 0 Å². The molecule has 0 spiro atoms. The van der Waals surface area contributed by atoms with Crippen LogP contribution in [0.4, 0.5) is 0 Å². The van der Waals surface area contributed by atoms with Gasteiger partial charge in [0.15, 0.2) is 0 Å². The van der Waals surface area contributed by atoms with Crippen molar-refractivity contribution in [2.45, 2.75) is 0 Å². The van der Waals surface area contributed by atoms with Crippen LogP contribution in [0.25, 0.3) is 83.0 Å². The van der Waals surface area contributed by atoms with Gasteiger partial charge >= 0.3 is 0 Å². The lowest BCUT2D eigenvalue weighted by atomic mass is 10.1. The quantitative estimate of drug-likeness (QED) is 0.200. The van der Waals surface area contributed by atoms with Crippen LogP contribution in [0.1, 0.15) is 0 Å². The number of hydrogen-bond donors (Lipinski definition) is 0. The number of fused-ring (bicyclic) bond motifs is 9. The van der Waals surface area contributed by atoms with E-state index in [-0.39, 0.29) is 5.28 Å². The second kappa shape index (κ2) is 9.51. The van der Waals surface area contributed by atoms with E-state index in [1.165, 1.54) is 21.8 Å². The minimum atomic E-state index is 0.134. The van der Waals surface area contributed by atoms with Gasteiger partial charge in [-0.1, -0.05) is 91.0 Å². The Bertz CT molecular complexity index is 2730. The molecule has 10 aromatic rings. The van der Waals surface area contributed by atoms with Crippen molar-refractivity contribution in [1.29, 1.82) is 0 Å². The van der Waals surface area contributed by atoms with Crippen LogP contribution in [0.15, 0.2) is 140 Å². The predicted molar refractivity (Wildman–Crippen MR) is 188 cm³/mol. The van der Waals surface area contributed by atoms with Crippen LogP contribution in [0.5, 0.6) is 0 Å². The molecule has 0 saturated carbocycles. The molecule has 10 rings (SSSR count). The molecular weight excluding hydrogens is 588 g/mol. The summed E-state index contributed by atoms with van der Waals surface area (Å²) in [6, 6.07) is 48.7. The minimum Gasteiger partial charge on any atom is -0.309 e. The lowest BCUT2D eigenvalue weighted by Crippen LogP contribution is -2.09. The van der Waals surface area contributed by atoms with Crippen molar-refractivity contribution in [3.05, 3.63) is 145 Å². The highest BCUT2D eigenvalue weighted by Crippen LogP contribution is 2.37. The number of para-hydroxylation sites is 5. The molecule has 0 saturated heterocycles. The molecule has 0 bridgehead atoms. The van der Waals surface area contributed by atoms with Crippen molar-refractivity contribution in [2.75, 3.05) is 0 Å². The summed E-state index contributed by atoms with van der Waals surface area (Å²) in [6.45, 7) is 0. The minimum absolute atomic E-state index is 0.134. The van der Waals surface area contributed by atoms with E-state index in [1.807, 2.05) is 18.2 Å². The van der Waals surface area contributed by atoms with Crippen molar-refractivity contribution in [3.8, 4) is 17.6 Å². The summed E-state index contributed by atoms with van der Waals surface area (Å²) < 4.78 is 6.50. The number of benzene rings is 6. The smallest absolute Gasteiger partial charge is 0.240 e. The van der Waals surface area contributed by atoms with Gasteiger partial charge in [-0.3, -0.25) is 9.13 Å². The van der Waals surface area contributed by atoms with Gasteiger partial charge < -0.3 is 4.57 Å². The average molecular weight is 611 g/mol. The fourth-order valence-electron chi connectivity index (χ4n) is 7.18. The molecule has 0 aliphatic carbocycles. The first-order valence-corrected chi connectivity index (χ1v) is 15.5. The molecule has 0 fully saturated rings. The van der Waals surface area contributed by atoms with Crippen molar-refractivity contribution >= 4 is 77.0 Å². The topological polar surface area (TPSA) is 53.5 Å².